The van der Waals surface area contributed by atoms with Crippen LogP contribution in [0.4, 0.5) is 11.4 Å². The zero-order valence-corrected chi connectivity index (χ0v) is 8.63. The van der Waals surface area contributed by atoms with Crippen LogP contribution in [0.5, 0.6) is 0 Å². The summed E-state index contributed by atoms with van der Waals surface area (Å²) in [5.41, 5.74) is 1.51. The van der Waals surface area contributed by atoms with E-state index in [9.17, 15) is 4.79 Å². The summed E-state index contributed by atoms with van der Waals surface area (Å²) in [5, 5.41) is 3.23. The van der Waals surface area contributed by atoms with Crippen molar-refractivity contribution < 1.29 is 9.21 Å². The van der Waals surface area contributed by atoms with E-state index >= 15 is 0 Å². The zero-order valence-electron chi connectivity index (χ0n) is 8.63. The minimum atomic E-state index is -0.206. The Morgan fingerprint density at radius 2 is 2.29 bits per heavy atom. The van der Waals surface area contributed by atoms with Crippen molar-refractivity contribution in [2.45, 2.75) is 26.3 Å². The molecule has 1 amide bonds. The van der Waals surface area contributed by atoms with Gasteiger partial charge in [0.05, 0.1) is 11.2 Å². The third-order valence-corrected chi connectivity index (χ3v) is 2.51. The average Bonchev–Trinajstić information content (AvgIpc) is 2.48. The van der Waals surface area contributed by atoms with E-state index < -0.39 is 0 Å². The van der Waals surface area contributed by atoms with Crippen molar-refractivity contribution in [1.29, 1.82) is 0 Å². The van der Waals surface area contributed by atoms with Gasteiger partial charge in [0.1, 0.15) is 18.2 Å². The van der Waals surface area contributed by atoms with Crippen LogP contribution in [0.15, 0.2) is 16.9 Å². The first-order valence-corrected chi connectivity index (χ1v) is 4.63. The Labute approximate surface area is 82.9 Å². The summed E-state index contributed by atoms with van der Waals surface area (Å²) in [6.45, 7) is 6.36. The fourth-order valence-corrected chi connectivity index (χ4v) is 1.91. The Balaban J connectivity index is 2.49. The van der Waals surface area contributed by atoms with E-state index in [4.69, 9.17) is 4.42 Å². The van der Waals surface area contributed by atoms with Gasteiger partial charge < -0.3 is 14.6 Å². The predicted molar refractivity (Wildman–Crippen MR) is 54.4 cm³/mol. The topological polar surface area (TPSA) is 45.5 Å². The highest BCUT2D eigenvalue weighted by molar-refractivity contribution is 5.97. The van der Waals surface area contributed by atoms with E-state index in [0.29, 0.717) is 0 Å². The van der Waals surface area contributed by atoms with E-state index in [1.807, 2.05) is 13.8 Å². The second kappa shape index (κ2) is 2.77. The fourth-order valence-electron chi connectivity index (χ4n) is 1.91. The molecule has 1 aliphatic heterocycles. The van der Waals surface area contributed by atoms with Crippen molar-refractivity contribution in [2.75, 3.05) is 16.8 Å². The Morgan fingerprint density at radius 1 is 1.57 bits per heavy atom. The lowest BCUT2D eigenvalue weighted by atomic mass is 9.99. The van der Waals surface area contributed by atoms with Crippen molar-refractivity contribution in [3.63, 3.8) is 0 Å². The van der Waals surface area contributed by atoms with Crippen LogP contribution in [0.2, 0.25) is 0 Å². The number of carbonyl (C=O) groups excluding carboxylic acids is 1. The van der Waals surface area contributed by atoms with E-state index in [-0.39, 0.29) is 11.4 Å². The molecule has 0 spiro atoms. The molecule has 1 aromatic heterocycles. The Kier molecular flexibility index (Phi) is 1.80. The monoisotopic (exact) mass is 194 g/mol. The first-order chi connectivity index (χ1) is 6.52. The number of anilines is 2. The number of hydrogen-bond acceptors (Lipinski definition) is 3. The zero-order chi connectivity index (χ0) is 10.3. The average molecular weight is 194 g/mol. The summed E-state index contributed by atoms with van der Waals surface area (Å²) in [4.78, 5) is 13.3. The largest absolute Gasteiger partial charge is 0.468 e. The molecule has 0 saturated heterocycles. The van der Waals surface area contributed by atoms with Crippen molar-refractivity contribution >= 4 is 17.3 Å². The second-order valence-electron chi connectivity index (χ2n) is 4.19. The number of furan rings is 1. The van der Waals surface area contributed by atoms with Crippen LogP contribution < -0.4 is 10.2 Å². The molecule has 4 nitrogen and oxygen atoms in total. The van der Waals surface area contributed by atoms with Gasteiger partial charge >= 0.3 is 0 Å². The van der Waals surface area contributed by atoms with Gasteiger partial charge in [0, 0.05) is 13.5 Å². The third-order valence-electron chi connectivity index (χ3n) is 2.51. The first-order valence-electron chi connectivity index (χ1n) is 4.63. The quantitative estimate of drug-likeness (QED) is 0.685. The maximum atomic E-state index is 11.5. The van der Waals surface area contributed by atoms with E-state index in [1.54, 1.807) is 24.3 Å². The first kappa shape index (κ1) is 9.12. The molecule has 1 aliphatic rings. The number of hydrogen-bond donors (Lipinski definition) is 1. The lowest BCUT2D eigenvalue weighted by molar-refractivity contribution is -0.117. The highest BCUT2D eigenvalue weighted by atomic mass is 16.3. The van der Waals surface area contributed by atoms with Crippen LogP contribution in [-0.2, 0) is 4.79 Å². The molecule has 2 rings (SSSR count). The molecule has 0 aromatic carbocycles. The Hall–Kier alpha value is -1.45. The number of carbonyl (C=O) groups is 1. The van der Waals surface area contributed by atoms with Crippen molar-refractivity contribution in [1.82, 2.24) is 0 Å². The van der Waals surface area contributed by atoms with Crippen molar-refractivity contribution in [3.8, 4) is 0 Å². The summed E-state index contributed by atoms with van der Waals surface area (Å²) in [6.07, 6.45) is 3.23. The molecule has 76 valence electrons. The number of amides is 1. The summed E-state index contributed by atoms with van der Waals surface area (Å²) in [7, 11) is 0. The molecule has 0 unspecified atom stereocenters. The van der Waals surface area contributed by atoms with Gasteiger partial charge in [0.2, 0.25) is 5.91 Å². The Bertz CT molecular complexity index is 368. The second-order valence-corrected chi connectivity index (χ2v) is 4.19. The lowest BCUT2D eigenvalue weighted by Crippen LogP contribution is -2.54. The van der Waals surface area contributed by atoms with E-state index in [2.05, 4.69) is 5.32 Å². The van der Waals surface area contributed by atoms with Gasteiger partial charge in [-0.2, -0.15) is 0 Å². The lowest BCUT2D eigenvalue weighted by Gasteiger charge is -2.41. The van der Waals surface area contributed by atoms with E-state index in [0.717, 1.165) is 17.9 Å². The molecule has 0 atom stereocenters. The Morgan fingerprint density at radius 3 is 2.93 bits per heavy atom. The van der Waals surface area contributed by atoms with Crippen LogP contribution in [0.3, 0.4) is 0 Å². The van der Waals surface area contributed by atoms with Crippen molar-refractivity contribution in [2.24, 2.45) is 0 Å². The molecule has 14 heavy (non-hydrogen) atoms. The fraction of sp³-hybridized carbons (Fsp3) is 0.500. The molecule has 1 aromatic rings. The molecule has 0 radical (unpaired) electrons. The van der Waals surface area contributed by atoms with Crippen LogP contribution in [0.25, 0.3) is 0 Å². The van der Waals surface area contributed by atoms with Gasteiger partial charge in [-0.25, -0.2) is 0 Å². The van der Waals surface area contributed by atoms with E-state index in [1.165, 1.54) is 0 Å². The SMILES string of the molecule is CC(=O)N1c2cocc2NCC1(C)C. The van der Waals surface area contributed by atoms with Gasteiger partial charge in [-0.3, -0.25) is 4.79 Å². The molecule has 0 saturated carbocycles. The van der Waals surface area contributed by atoms with Crippen molar-refractivity contribution in [3.05, 3.63) is 12.5 Å². The highest BCUT2D eigenvalue weighted by Gasteiger charge is 2.36. The van der Waals surface area contributed by atoms with Gasteiger partial charge in [-0.05, 0) is 13.8 Å². The number of nitrogens with one attached hydrogen (secondary N) is 1. The highest BCUT2D eigenvalue weighted by Crippen LogP contribution is 2.36. The standard InChI is InChI=1S/C10H14N2O2/c1-7(13)12-9-5-14-4-8(9)11-6-10(12,2)3/h4-5,11H,6H2,1-3H3. The minimum Gasteiger partial charge on any atom is -0.468 e. The van der Waals surface area contributed by atoms with Gasteiger partial charge in [0.15, 0.2) is 0 Å². The molecule has 0 fully saturated rings. The maximum absolute atomic E-state index is 11.5. The molecule has 0 bridgehead atoms. The van der Waals surface area contributed by atoms with Gasteiger partial charge in [0.25, 0.3) is 0 Å². The summed E-state index contributed by atoms with van der Waals surface area (Å²) >= 11 is 0. The molecular formula is C10H14N2O2. The molecule has 2 heterocycles. The van der Waals surface area contributed by atoms with Crippen LogP contribution in [0, 0.1) is 0 Å². The van der Waals surface area contributed by atoms with Gasteiger partial charge in [-0.15, -0.1) is 0 Å². The maximum Gasteiger partial charge on any atom is 0.224 e. The molecular weight excluding hydrogens is 180 g/mol. The third kappa shape index (κ3) is 1.18. The van der Waals surface area contributed by atoms with Crippen LogP contribution in [-0.4, -0.2) is 18.0 Å². The predicted octanol–water partition coefficient (Wildman–Crippen LogP) is 1.84. The number of nitrogens with zero attached hydrogens (tertiary/aromatic N) is 1. The normalized spacial score (nSPS) is 18.6. The smallest absolute Gasteiger partial charge is 0.224 e. The molecule has 0 aliphatic carbocycles. The summed E-state index contributed by atoms with van der Waals surface area (Å²) in [5.74, 6) is 0.0409. The molecule has 1 N–H and O–H groups in total. The minimum absolute atomic E-state index is 0.0409. The van der Waals surface area contributed by atoms with Crippen LogP contribution in [0.1, 0.15) is 20.8 Å². The molecule has 4 heteroatoms. The van der Waals surface area contributed by atoms with Gasteiger partial charge in [-0.1, -0.05) is 0 Å². The van der Waals surface area contributed by atoms with Crippen LogP contribution >= 0.6 is 0 Å². The summed E-state index contributed by atoms with van der Waals surface area (Å²) < 4.78 is 5.08. The summed E-state index contributed by atoms with van der Waals surface area (Å²) in [6, 6.07) is 0. The number of fused-ring (bicyclic) bond motifs is 1. The number of rotatable bonds is 0.